The van der Waals surface area contributed by atoms with Crippen LogP contribution in [0.25, 0.3) is 5.69 Å². The van der Waals surface area contributed by atoms with Gasteiger partial charge in [0.15, 0.2) is 0 Å². The highest BCUT2D eigenvalue weighted by Gasteiger charge is 2.28. The third-order valence-corrected chi connectivity index (χ3v) is 6.23. The van der Waals surface area contributed by atoms with E-state index in [2.05, 4.69) is 5.10 Å². The van der Waals surface area contributed by atoms with Crippen LogP contribution >= 0.6 is 11.6 Å². The SMILES string of the molecule is COc1cccc(-n2nc(C(=O)N3CCN(C(C)=O)CC3)c(=O)n(Cc3ccccc3Cl)c2=O)c1. The maximum atomic E-state index is 13.4. The molecule has 2 aromatic carbocycles. The molecule has 0 aliphatic carbocycles. The van der Waals surface area contributed by atoms with Crippen molar-refractivity contribution in [2.45, 2.75) is 13.5 Å². The van der Waals surface area contributed by atoms with Gasteiger partial charge in [0.1, 0.15) is 5.75 Å². The fourth-order valence-corrected chi connectivity index (χ4v) is 4.07. The summed E-state index contributed by atoms with van der Waals surface area (Å²) in [4.78, 5) is 54.9. The van der Waals surface area contributed by atoms with Gasteiger partial charge < -0.3 is 14.5 Å². The molecule has 10 nitrogen and oxygen atoms in total. The minimum atomic E-state index is -0.812. The van der Waals surface area contributed by atoms with Crippen molar-refractivity contribution in [1.82, 2.24) is 24.1 Å². The van der Waals surface area contributed by atoms with Crippen LogP contribution in [0.4, 0.5) is 0 Å². The first-order valence-corrected chi connectivity index (χ1v) is 11.3. The number of hydrogen-bond acceptors (Lipinski definition) is 6. The van der Waals surface area contributed by atoms with Gasteiger partial charge in [-0.3, -0.25) is 19.0 Å². The lowest BCUT2D eigenvalue weighted by atomic mass is 10.2. The number of rotatable bonds is 5. The molecule has 0 N–H and O–H groups in total. The van der Waals surface area contributed by atoms with Crippen molar-refractivity contribution in [2.24, 2.45) is 0 Å². The molecule has 1 aliphatic rings. The lowest BCUT2D eigenvalue weighted by molar-refractivity contribution is -0.130. The first kappa shape index (κ1) is 24.2. The van der Waals surface area contributed by atoms with Crippen molar-refractivity contribution in [3.05, 3.63) is 85.6 Å². The van der Waals surface area contributed by atoms with Crippen molar-refractivity contribution < 1.29 is 14.3 Å². The lowest BCUT2D eigenvalue weighted by Crippen LogP contribution is -2.52. The second kappa shape index (κ2) is 10.1. The summed E-state index contributed by atoms with van der Waals surface area (Å²) in [6.45, 7) is 2.54. The van der Waals surface area contributed by atoms with E-state index in [1.807, 2.05) is 0 Å². The Hall–Kier alpha value is -3.92. The van der Waals surface area contributed by atoms with E-state index in [-0.39, 0.29) is 25.5 Å². The van der Waals surface area contributed by atoms with E-state index < -0.39 is 22.9 Å². The maximum Gasteiger partial charge on any atom is 0.352 e. The Kier molecular flexibility index (Phi) is 7.02. The molecular weight excluding hydrogens is 474 g/mol. The molecule has 2 heterocycles. The van der Waals surface area contributed by atoms with Gasteiger partial charge in [0.05, 0.1) is 19.3 Å². The second-order valence-corrected chi connectivity index (χ2v) is 8.43. The molecule has 4 rings (SSSR count). The topological polar surface area (TPSA) is 107 Å². The van der Waals surface area contributed by atoms with Crippen LogP contribution in [0.3, 0.4) is 0 Å². The minimum Gasteiger partial charge on any atom is -0.497 e. The van der Waals surface area contributed by atoms with Crippen LogP contribution < -0.4 is 16.0 Å². The average molecular weight is 498 g/mol. The molecule has 0 atom stereocenters. The molecule has 1 aliphatic heterocycles. The maximum absolute atomic E-state index is 13.4. The number of ether oxygens (including phenoxy) is 1. The van der Waals surface area contributed by atoms with Gasteiger partial charge in [-0.15, -0.1) is 0 Å². The third kappa shape index (κ3) is 4.97. The fraction of sp³-hybridized carbons (Fsp3) is 0.292. The van der Waals surface area contributed by atoms with E-state index in [4.69, 9.17) is 16.3 Å². The third-order valence-electron chi connectivity index (χ3n) is 5.86. The number of aromatic nitrogens is 3. The van der Waals surface area contributed by atoms with Crippen LogP contribution in [0, 0.1) is 0 Å². The highest BCUT2D eigenvalue weighted by molar-refractivity contribution is 6.31. The molecule has 0 unspecified atom stereocenters. The van der Waals surface area contributed by atoms with E-state index in [0.717, 1.165) is 9.25 Å². The Balaban J connectivity index is 1.82. The Morgan fingerprint density at radius 3 is 2.34 bits per heavy atom. The number of nitrogens with zero attached hydrogens (tertiary/aromatic N) is 5. The zero-order chi connectivity index (χ0) is 25.1. The van der Waals surface area contributed by atoms with Crippen LogP contribution in [0.1, 0.15) is 23.0 Å². The number of hydrogen-bond donors (Lipinski definition) is 0. The molecule has 3 aromatic rings. The standard InChI is InChI=1S/C24H24ClN5O5/c1-16(31)27-10-12-28(13-11-27)22(32)21-23(33)29(15-17-6-3-4-9-20(17)25)24(34)30(26-21)18-7-5-8-19(14-18)35-2/h3-9,14H,10-13,15H2,1-2H3. The van der Waals surface area contributed by atoms with Gasteiger partial charge in [0, 0.05) is 44.2 Å². The summed E-state index contributed by atoms with van der Waals surface area (Å²) in [5, 5.41) is 4.57. The van der Waals surface area contributed by atoms with Crippen molar-refractivity contribution in [2.75, 3.05) is 33.3 Å². The molecule has 0 spiro atoms. The van der Waals surface area contributed by atoms with Crippen molar-refractivity contribution in [1.29, 1.82) is 0 Å². The number of piperazine rings is 1. The molecule has 1 saturated heterocycles. The summed E-state index contributed by atoms with van der Waals surface area (Å²) in [5.74, 6) is -0.208. The van der Waals surface area contributed by atoms with E-state index in [1.165, 1.54) is 18.9 Å². The Morgan fingerprint density at radius 1 is 1.00 bits per heavy atom. The highest BCUT2D eigenvalue weighted by Crippen LogP contribution is 2.17. The molecule has 11 heteroatoms. The first-order chi connectivity index (χ1) is 16.8. The summed E-state index contributed by atoms with van der Waals surface area (Å²) in [6, 6.07) is 13.4. The Morgan fingerprint density at radius 2 is 1.69 bits per heavy atom. The number of carbonyl (C=O) groups is 2. The van der Waals surface area contributed by atoms with E-state index in [9.17, 15) is 19.2 Å². The smallest absolute Gasteiger partial charge is 0.352 e. The molecular formula is C24H24ClN5O5. The monoisotopic (exact) mass is 497 g/mol. The predicted molar refractivity (Wildman–Crippen MR) is 129 cm³/mol. The van der Waals surface area contributed by atoms with Gasteiger partial charge in [-0.1, -0.05) is 35.9 Å². The molecule has 182 valence electrons. The average Bonchev–Trinajstić information content (AvgIpc) is 2.87. The number of amides is 2. The Bertz CT molecular complexity index is 1390. The number of methoxy groups -OCH3 is 1. The van der Waals surface area contributed by atoms with Gasteiger partial charge in [-0.2, -0.15) is 9.78 Å². The van der Waals surface area contributed by atoms with Gasteiger partial charge in [0.25, 0.3) is 11.5 Å². The van der Waals surface area contributed by atoms with Gasteiger partial charge in [-0.25, -0.2) is 4.79 Å². The molecule has 0 radical (unpaired) electrons. The van der Waals surface area contributed by atoms with Crippen LogP contribution in [-0.2, 0) is 11.3 Å². The molecule has 1 aromatic heterocycles. The zero-order valence-electron chi connectivity index (χ0n) is 19.3. The zero-order valence-corrected chi connectivity index (χ0v) is 20.1. The Labute approximate surface area is 205 Å². The van der Waals surface area contributed by atoms with Crippen molar-refractivity contribution >= 4 is 23.4 Å². The van der Waals surface area contributed by atoms with E-state index in [1.54, 1.807) is 53.4 Å². The number of carbonyl (C=O) groups excluding carboxylic acids is 2. The van der Waals surface area contributed by atoms with Crippen molar-refractivity contribution in [3.63, 3.8) is 0 Å². The fourth-order valence-electron chi connectivity index (χ4n) is 3.87. The summed E-state index contributed by atoms with van der Waals surface area (Å²) in [7, 11) is 1.49. The minimum absolute atomic E-state index is 0.0797. The first-order valence-electron chi connectivity index (χ1n) is 11.0. The highest BCUT2D eigenvalue weighted by atomic mass is 35.5. The van der Waals surface area contributed by atoms with Crippen LogP contribution in [0.15, 0.2) is 58.1 Å². The quantitative estimate of drug-likeness (QED) is 0.527. The number of halogens is 1. The predicted octanol–water partition coefficient (Wildman–Crippen LogP) is 1.41. The van der Waals surface area contributed by atoms with Crippen LogP contribution in [0.2, 0.25) is 5.02 Å². The number of benzene rings is 2. The molecule has 0 bridgehead atoms. The van der Waals surface area contributed by atoms with E-state index in [0.29, 0.717) is 35.1 Å². The normalized spacial score (nSPS) is 13.6. The second-order valence-electron chi connectivity index (χ2n) is 8.03. The van der Waals surface area contributed by atoms with Crippen LogP contribution in [-0.4, -0.2) is 69.3 Å². The summed E-state index contributed by atoms with van der Waals surface area (Å²) in [5.41, 5.74) is -1.05. The van der Waals surface area contributed by atoms with Crippen LogP contribution in [0.5, 0.6) is 5.75 Å². The van der Waals surface area contributed by atoms with Gasteiger partial charge >= 0.3 is 5.69 Å². The van der Waals surface area contributed by atoms with Crippen molar-refractivity contribution in [3.8, 4) is 11.4 Å². The summed E-state index contributed by atoms with van der Waals surface area (Å²) in [6.07, 6.45) is 0. The molecule has 0 saturated carbocycles. The van der Waals surface area contributed by atoms with Gasteiger partial charge in [-0.05, 0) is 23.8 Å². The largest absolute Gasteiger partial charge is 0.497 e. The molecule has 35 heavy (non-hydrogen) atoms. The lowest BCUT2D eigenvalue weighted by Gasteiger charge is -2.33. The molecule has 2 amide bonds. The molecule has 1 fully saturated rings. The van der Waals surface area contributed by atoms with E-state index >= 15 is 0 Å². The van der Waals surface area contributed by atoms with Gasteiger partial charge in [0.2, 0.25) is 11.6 Å². The summed E-state index contributed by atoms with van der Waals surface area (Å²) >= 11 is 6.27. The summed E-state index contributed by atoms with van der Waals surface area (Å²) < 4.78 is 7.21.